The topological polar surface area (TPSA) is 21.3 Å². The Kier molecular flexibility index (Phi) is 4.85. The molecule has 2 aromatic rings. The molecule has 0 aliphatic carbocycles. The van der Waals surface area contributed by atoms with E-state index in [-0.39, 0.29) is 17.6 Å². The zero-order chi connectivity index (χ0) is 15.4. The summed E-state index contributed by atoms with van der Waals surface area (Å²) in [4.78, 5) is 0. The molecule has 5 heteroatoms. The third-order valence-corrected chi connectivity index (χ3v) is 3.10. The highest BCUT2D eigenvalue weighted by Crippen LogP contribution is 2.27. The summed E-state index contributed by atoms with van der Waals surface area (Å²) in [6.07, 6.45) is 0. The van der Waals surface area contributed by atoms with Gasteiger partial charge in [-0.25, -0.2) is 4.39 Å². The molecule has 0 aromatic heterocycles. The zero-order valence-corrected chi connectivity index (χ0v) is 11.7. The van der Waals surface area contributed by atoms with Crippen LogP contribution in [0.5, 0.6) is 5.75 Å². The minimum absolute atomic E-state index is 0.0795. The minimum Gasteiger partial charge on any atom is -0.435 e. The second kappa shape index (κ2) is 6.63. The van der Waals surface area contributed by atoms with Crippen molar-refractivity contribution in [3.63, 3.8) is 0 Å². The molecule has 0 heterocycles. The fourth-order valence-electron chi connectivity index (χ4n) is 2.33. The first kappa shape index (κ1) is 15.4. The van der Waals surface area contributed by atoms with E-state index in [0.717, 1.165) is 16.7 Å². The van der Waals surface area contributed by atoms with Crippen molar-refractivity contribution in [1.29, 1.82) is 0 Å². The summed E-state index contributed by atoms with van der Waals surface area (Å²) >= 11 is 0. The van der Waals surface area contributed by atoms with Crippen molar-refractivity contribution in [3.05, 3.63) is 65.0 Å². The summed E-state index contributed by atoms with van der Waals surface area (Å²) < 4.78 is 42.5. The number of alkyl halides is 2. The van der Waals surface area contributed by atoms with E-state index in [1.54, 1.807) is 26.1 Å². The summed E-state index contributed by atoms with van der Waals surface area (Å²) in [6, 6.07) is 10.8. The molecule has 112 valence electrons. The molecule has 21 heavy (non-hydrogen) atoms. The van der Waals surface area contributed by atoms with Gasteiger partial charge in [0, 0.05) is 0 Å². The van der Waals surface area contributed by atoms with Crippen molar-refractivity contribution >= 4 is 0 Å². The smallest absolute Gasteiger partial charge is 0.387 e. The van der Waals surface area contributed by atoms with Crippen molar-refractivity contribution in [1.82, 2.24) is 5.32 Å². The molecule has 0 fully saturated rings. The van der Waals surface area contributed by atoms with Gasteiger partial charge in [-0.1, -0.05) is 18.2 Å². The Balaban J connectivity index is 2.36. The summed E-state index contributed by atoms with van der Waals surface area (Å²) in [5.74, 6) is -0.249. The van der Waals surface area contributed by atoms with Crippen LogP contribution in [-0.4, -0.2) is 13.7 Å². The first-order chi connectivity index (χ1) is 9.99. The quantitative estimate of drug-likeness (QED) is 0.898. The lowest BCUT2D eigenvalue weighted by Crippen LogP contribution is -2.18. The fraction of sp³-hybridized carbons (Fsp3) is 0.250. The second-order valence-electron chi connectivity index (χ2n) is 4.73. The highest BCUT2D eigenvalue weighted by Gasteiger charge is 2.15. The van der Waals surface area contributed by atoms with Crippen LogP contribution < -0.4 is 10.1 Å². The molecular weight excluding hydrogens is 279 g/mol. The second-order valence-corrected chi connectivity index (χ2v) is 4.73. The van der Waals surface area contributed by atoms with E-state index >= 15 is 0 Å². The van der Waals surface area contributed by atoms with Gasteiger partial charge in [-0.3, -0.25) is 0 Å². The van der Waals surface area contributed by atoms with Gasteiger partial charge < -0.3 is 10.1 Å². The molecule has 0 radical (unpaired) electrons. The van der Waals surface area contributed by atoms with Crippen LogP contribution >= 0.6 is 0 Å². The molecule has 1 atom stereocenters. The average molecular weight is 295 g/mol. The van der Waals surface area contributed by atoms with E-state index in [9.17, 15) is 13.2 Å². The molecule has 1 unspecified atom stereocenters. The Morgan fingerprint density at radius 3 is 2.43 bits per heavy atom. The number of hydrogen-bond acceptors (Lipinski definition) is 2. The molecule has 0 aliphatic rings. The van der Waals surface area contributed by atoms with Crippen LogP contribution in [0.2, 0.25) is 0 Å². The van der Waals surface area contributed by atoms with Gasteiger partial charge in [-0.15, -0.1) is 0 Å². The SMILES string of the molecule is CNC(c1cc(C)cc(F)c1)c1cccc(OC(F)F)c1. The standard InChI is InChI=1S/C16H16F3NO/c1-10-6-12(8-13(17)7-10)15(20-2)11-4-3-5-14(9-11)21-16(18)19/h3-9,15-16,20H,1-2H3. The molecule has 0 amide bonds. The molecule has 0 saturated heterocycles. The fourth-order valence-corrected chi connectivity index (χ4v) is 2.33. The van der Waals surface area contributed by atoms with Gasteiger partial charge in [0.1, 0.15) is 11.6 Å². The minimum atomic E-state index is -2.87. The maximum absolute atomic E-state index is 13.5. The number of ether oxygens (including phenoxy) is 1. The predicted molar refractivity (Wildman–Crippen MR) is 75.1 cm³/mol. The van der Waals surface area contributed by atoms with Gasteiger partial charge in [-0.05, 0) is 54.9 Å². The number of benzene rings is 2. The Labute approximate surface area is 121 Å². The molecule has 2 nitrogen and oxygen atoms in total. The van der Waals surface area contributed by atoms with E-state index in [2.05, 4.69) is 10.1 Å². The molecule has 1 N–H and O–H groups in total. The van der Waals surface area contributed by atoms with Gasteiger partial charge in [-0.2, -0.15) is 8.78 Å². The lowest BCUT2D eigenvalue weighted by Gasteiger charge is -2.19. The largest absolute Gasteiger partial charge is 0.435 e. The molecular formula is C16H16F3NO. The van der Waals surface area contributed by atoms with Gasteiger partial charge in [0.15, 0.2) is 0 Å². The number of hydrogen-bond donors (Lipinski definition) is 1. The normalized spacial score (nSPS) is 12.5. The maximum atomic E-state index is 13.5. The highest BCUT2D eigenvalue weighted by molar-refractivity contribution is 5.38. The molecule has 2 rings (SSSR count). The van der Waals surface area contributed by atoms with Crippen LogP contribution in [0.1, 0.15) is 22.7 Å². The van der Waals surface area contributed by atoms with E-state index in [4.69, 9.17) is 0 Å². The summed E-state index contributed by atoms with van der Waals surface area (Å²) in [6.45, 7) is -1.07. The maximum Gasteiger partial charge on any atom is 0.387 e. The van der Waals surface area contributed by atoms with Crippen LogP contribution in [0.25, 0.3) is 0 Å². The van der Waals surface area contributed by atoms with Crippen molar-refractivity contribution < 1.29 is 17.9 Å². The summed E-state index contributed by atoms with van der Waals surface area (Å²) in [7, 11) is 1.73. The first-order valence-electron chi connectivity index (χ1n) is 6.48. The Morgan fingerprint density at radius 2 is 1.81 bits per heavy atom. The van der Waals surface area contributed by atoms with Crippen LogP contribution in [0.3, 0.4) is 0 Å². The molecule has 2 aromatic carbocycles. The lowest BCUT2D eigenvalue weighted by atomic mass is 9.97. The Bertz CT molecular complexity index is 596. The third kappa shape index (κ3) is 3.98. The van der Waals surface area contributed by atoms with E-state index in [0.29, 0.717) is 0 Å². The van der Waals surface area contributed by atoms with Gasteiger partial charge in [0.2, 0.25) is 0 Å². The monoisotopic (exact) mass is 295 g/mol. The van der Waals surface area contributed by atoms with Gasteiger partial charge in [0.05, 0.1) is 6.04 Å². The molecule has 0 aliphatic heterocycles. The lowest BCUT2D eigenvalue weighted by molar-refractivity contribution is -0.0498. The van der Waals surface area contributed by atoms with Crippen molar-refractivity contribution in [3.8, 4) is 5.75 Å². The van der Waals surface area contributed by atoms with Gasteiger partial charge >= 0.3 is 6.61 Å². The van der Waals surface area contributed by atoms with Crippen molar-refractivity contribution in [2.45, 2.75) is 19.6 Å². The summed E-state index contributed by atoms with van der Waals surface area (Å²) in [5, 5.41) is 3.06. The summed E-state index contributed by atoms with van der Waals surface area (Å²) in [5.41, 5.74) is 2.25. The van der Waals surface area contributed by atoms with Crippen LogP contribution in [0.15, 0.2) is 42.5 Å². The third-order valence-electron chi connectivity index (χ3n) is 3.10. The molecule has 0 spiro atoms. The first-order valence-corrected chi connectivity index (χ1v) is 6.48. The Hall–Kier alpha value is -2.01. The van der Waals surface area contributed by atoms with E-state index in [1.807, 2.05) is 6.07 Å². The molecule has 0 bridgehead atoms. The van der Waals surface area contributed by atoms with E-state index < -0.39 is 6.61 Å². The van der Waals surface area contributed by atoms with Crippen molar-refractivity contribution in [2.24, 2.45) is 0 Å². The van der Waals surface area contributed by atoms with Crippen LogP contribution in [0, 0.1) is 12.7 Å². The van der Waals surface area contributed by atoms with Crippen LogP contribution in [0.4, 0.5) is 13.2 Å². The highest BCUT2D eigenvalue weighted by atomic mass is 19.3. The molecule has 0 saturated carbocycles. The number of rotatable bonds is 5. The number of aryl methyl sites for hydroxylation is 1. The van der Waals surface area contributed by atoms with Gasteiger partial charge in [0.25, 0.3) is 0 Å². The predicted octanol–water partition coefficient (Wildman–Crippen LogP) is 4.04. The van der Waals surface area contributed by atoms with Crippen molar-refractivity contribution in [2.75, 3.05) is 7.05 Å². The van der Waals surface area contributed by atoms with Crippen LogP contribution in [-0.2, 0) is 0 Å². The Morgan fingerprint density at radius 1 is 1.05 bits per heavy atom. The number of nitrogens with one attached hydrogen (secondary N) is 1. The average Bonchev–Trinajstić information content (AvgIpc) is 2.38. The zero-order valence-electron chi connectivity index (χ0n) is 11.7. The van der Waals surface area contributed by atoms with E-state index in [1.165, 1.54) is 24.3 Å². The number of halogens is 3.